The van der Waals surface area contributed by atoms with Crippen LogP contribution in [0.5, 0.6) is 17.2 Å². The summed E-state index contributed by atoms with van der Waals surface area (Å²) >= 11 is 0. The van der Waals surface area contributed by atoms with Crippen LogP contribution in [-0.2, 0) is 14.8 Å². The number of nitrogens with zero attached hydrogens (tertiary/aromatic N) is 1. The summed E-state index contributed by atoms with van der Waals surface area (Å²) in [5.74, 6) is 1.89. The van der Waals surface area contributed by atoms with E-state index in [4.69, 9.17) is 9.47 Å². The standard InChI is InChI=1S/C28H34N2O5S/c1-19(2)25-17-26(20(3)16-27(25)34-5)21(4)29-28(31)18-30(36(6,32)33)22-12-14-24(15-13-22)35-23-10-8-7-9-11-23/h7-17,19,21H,18H2,1-6H3,(H,29,31)/t21-/m1/s1. The van der Waals surface area contributed by atoms with Gasteiger partial charge in [-0.15, -0.1) is 0 Å². The molecule has 0 saturated heterocycles. The fourth-order valence-corrected chi connectivity index (χ4v) is 4.87. The molecule has 192 valence electrons. The second kappa shape index (κ2) is 11.5. The Labute approximate surface area is 214 Å². The first-order valence-electron chi connectivity index (χ1n) is 11.8. The molecule has 0 unspecified atom stereocenters. The summed E-state index contributed by atoms with van der Waals surface area (Å²) in [6.45, 7) is 7.68. The van der Waals surface area contributed by atoms with Gasteiger partial charge in [0.15, 0.2) is 0 Å². The van der Waals surface area contributed by atoms with E-state index in [0.29, 0.717) is 17.2 Å². The number of hydrogen-bond acceptors (Lipinski definition) is 5. The van der Waals surface area contributed by atoms with E-state index in [1.54, 1.807) is 31.4 Å². The maximum Gasteiger partial charge on any atom is 0.241 e. The first kappa shape index (κ1) is 27.1. The van der Waals surface area contributed by atoms with Crippen LogP contribution in [-0.4, -0.2) is 34.2 Å². The summed E-state index contributed by atoms with van der Waals surface area (Å²) in [7, 11) is -2.06. The number of nitrogens with one attached hydrogen (secondary N) is 1. The molecule has 1 atom stereocenters. The number of benzene rings is 3. The Hall–Kier alpha value is -3.52. The molecule has 7 nitrogen and oxygen atoms in total. The molecular weight excluding hydrogens is 476 g/mol. The van der Waals surface area contributed by atoms with Crippen LogP contribution < -0.4 is 19.1 Å². The molecule has 0 heterocycles. The van der Waals surface area contributed by atoms with Crippen LogP contribution in [0.3, 0.4) is 0 Å². The molecule has 0 fully saturated rings. The Morgan fingerprint density at radius 1 is 0.944 bits per heavy atom. The number of sulfonamides is 1. The zero-order valence-electron chi connectivity index (χ0n) is 21.6. The first-order valence-corrected chi connectivity index (χ1v) is 13.6. The molecule has 0 spiro atoms. The smallest absolute Gasteiger partial charge is 0.241 e. The maximum atomic E-state index is 13.0. The third kappa shape index (κ3) is 6.79. The van der Waals surface area contributed by atoms with E-state index in [-0.39, 0.29) is 18.5 Å². The minimum atomic E-state index is -3.71. The van der Waals surface area contributed by atoms with Gasteiger partial charge in [0.25, 0.3) is 0 Å². The third-order valence-electron chi connectivity index (χ3n) is 5.88. The molecule has 0 aliphatic carbocycles. The van der Waals surface area contributed by atoms with Crippen molar-refractivity contribution < 1.29 is 22.7 Å². The minimum absolute atomic E-state index is 0.247. The van der Waals surface area contributed by atoms with Gasteiger partial charge in [-0.3, -0.25) is 9.10 Å². The molecular formula is C28H34N2O5S. The van der Waals surface area contributed by atoms with Crippen LogP contribution in [0, 0.1) is 6.92 Å². The van der Waals surface area contributed by atoms with E-state index >= 15 is 0 Å². The van der Waals surface area contributed by atoms with Crippen LogP contribution in [0.1, 0.15) is 49.4 Å². The van der Waals surface area contributed by atoms with E-state index in [2.05, 4.69) is 19.2 Å². The van der Waals surface area contributed by atoms with E-state index in [1.807, 2.05) is 56.3 Å². The highest BCUT2D eigenvalue weighted by Crippen LogP contribution is 2.32. The Morgan fingerprint density at radius 3 is 2.11 bits per heavy atom. The summed E-state index contributed by atoms with van der Waals surface area (Å²) in [5, 5.41) is 2.95. The minimum Gasteiger partial charge on any atom is -0.496 e. The Morgan fingerprint density at radius 2 is 1.56 bits per heavy atom. The van der Waals surface area contributed by atoms with Crippen molar-refractivity contribution in [1.82, 2.24) is 5.32 Å². The number of amides is 1. The second-order valence-corrected chi connectivity index (χ2v) is 11.0. The van der Waals surface area contributed by atoms with Crippen LogP contribution in [0.4, 0.5) is 5.69 Å². The van der Waals surface area contributed by atoms with Crippen molar-refractivity contribution in [2.45, 2.75) is 39.7 Å². The third-order valence-corrected chi connectivity index (χ3v) is 7.02. The zero-order chi connectivity index (χ0) is 26.5. The molecule has 1 amide bonds. The van der Waals surface area contributed by atoms with Crippen molar-refractivity contribution in [2.24, 2.45) is 0 Å². The maximum absolute atomic E-state index is 13.0. The molecule has 1 N–H and O–H groups in total. The predicted octanol–water partition coefficient (Wildman–Crippen LogP) is 5.56. The molecule has 3 aromatic rings. The monoisotopic (exact) mass is 510 g/mol. The normalized spacial score (nSPS) is 12.2. The Kier molecular flexibility index (Phi) is 8.63. The highest BCUT2D eigenvalue weighted by molar-refractivity contribution is 7.92. The molecule has 0 aromatic heterocycles. The van der Waals surface area contributed by atoms with Crippen molar-refractivity contribution in [3.63, 3.8) is 0 Å². The largest absolute Gasteiger partial charge is 0.496 e. The van der Waals surface area contributed by atoms with Crippen molar-refractivity contribution in [2.75, 3.05) is 24.2 Å². The van der Waals surface area contributed by atoms with Crippen LogP contribution >= 0.6 is 0 Å². The summed E-state index contributed by atoms with van der Waals surface area (Å²) in [4.78, 5) is 13.0. The lowest BCUT2D eigenvalue weighted by atomic mass is 9.93. The number of para-hydroxylation sites is 1. The number of carbonyl (C=O) groups excluding carboxylic acids is 1. The lowest BCUT2D eigenvalue weighted by molar-refractivity contribution is -0.120. The lowest BCUT2D eigenvalue weighted by Gasteiger charge is -2.24. The van der Waals surface area contributed by atoms with Gasteiger partial charge in [-0.2, -0.15) is 0 Å². The molecule has 0 saturated carbocycles. The SMILES string of the molecule is COc1cc(C)c([C@@H](C)NC(=O)CN(c2ccc(Oc3ccccc3)cc2)S(C)(=O)=O)cc1C(C)C. The van der Waals surface area contributed by atoms with Crippen LogP contribution in [0.15, 0.2) is 66.7 Å². The second-order valence-electron chi connectivity index (χ2n) is 9.07. The summed E-state index contributed by atoms with van der Waals surface area (Å²) in [6.07, 6.45) is 1.08. The lowest BCUT2D eigenvalue weighted by Crippen LogP contribution is -2.41. The number of carbonyl (C=O) groups is 1. The number of rotatable bonds is 10. The number of methoxy groups -OCH3 is 1. The van der Waals surface area contributed by atoms with Crippen LogP contribution in [0.2, 0.25) is 0 Å². The van der Waals surface area contributed by atoms with Gasteiger partial charge < -0.3 is 14.8 Å². The fourth-order valence-electron chi connectivity index (χ4n) is 4.01. The Bertz CT molecular complexity index is 1290. The van der Waals surface area contributed by atoms with E-state index in [1.165, 1.54) is 0 Å². The summed E-state index contributed by atoms with van der Waals surface area (Å²) in [6, 6.07) is 19.6. The molecule has 3 aromatic carbocycles. The number of ether oxygens (including phenoxy) is 2. The van der Waals surface area contributed by atoms with Gasteiger partial charge in [0, 0.05) is 0 Å². The molecule has 3 rings (SSSR count). The molecule has 0 radical (unpaired) electrons. The van der Waals surface area contributed by atoms with Crippen molar-refractivity contribution >= 4 is 21.6 Å². The van der Waals surface area contributed by atoms with Gasteiger partial charge in [0.05, 0.1) is 25.1 Å². The number of aryl methyl sites for hydroxylation is 1. The molecule has 8 heteroatoms. The summed E-state index contributed by atoms with van der Waals surface area (Å²) in [5.41, 5.74) is 3.37. The molecule has 0 aliphatic heterocycles. The fraction of sp³-hybridized carbons (Fsp3) is 0.321. The van der Waals surface area contributed by atoms with Gasteiger partial charge in [0.1, 0.15) is 23.8 Å². The molecule has 36 heavy (non-hydrogen) atoms. The number of hydrogen-bond donors (Lipinski definition) is 1. The van der Waals surface area contributed by atoms with Crippen LogP contribution in [0.25, 0.3) is 0 Å². The van der Waals surface area contributed by atoms with Crippen molar-refractivity contribution in [1.29, 1.82) is 0 Å². The van der Waals surface area contributed by atoms with Gasteiger partial charge in [-0.05, 0) is 85.0 Å². The van der Waals surface area contributed by atoms with Crippen molar-refractivity contribution in [3.8, 4) is 17.2 Å². The molecule has 0 bridgehead atoms. The van der Waals surface area contributed by atoms with Gasteiger partial charge in [0.2, 0.25) is 15.9 Å². The quantitative estimate of drug-likeness (QED) is 0.386. The average Bonchev–Trinajstić information content (AvgIpc) is 2.82. The van der Waals surface area contributed by atoms with Gasteiger partial charge in [-0.1, -0.05) is 32.0 Å². The highest BCUT2D eigenvalue weighted by Gasteiger charge is 2.23. The van der Waals surface area contributed by atoms with E-state index < -0.39 is 15.9 Å². The number of anilines is 1. The predicted molar refractivity (Wildman–Crippen MR) is 144 cm³/mol. The topological polar surface area (TPSA) is 84.9 Å². The summed E-state index contributed by atoms with van der Waals surface area (Å²) < 4.78 is 37.5. The zero-order valence-corrected chi connectivity index (χ0v) is 22.4. The average molecular weight is 511 g/mol. The van der Waals surface area contributed by atoms with E-state index in [0.717, 1.165) is 33.0 Å². The highest BCUT2D eigenvalue weighted by atomic mass is 32.2. The first-order chi connectivity index (χ1) is 17.0. The Balaban J connectivity index is 1.75. The van der Waals surface area contributed by atoms with Crippen molar-refractivity contribution in [3.05, 3.63) is 83.4 Å². The van der Waals surface area contributed by atoms with E-state index in [9.17, 15) is 13.2 Å². The van der Waals surface area contributed by atoms with Gasteiger partial charge >= 0.3 is 0 Å². The van der Waals surface area contributed by atoms with Gasteiger partial charge in [-0.25, -0.2) is 8.42 Å². The molecule has 0 aliphatic rings.